The molecule has 214 valence electrons. The van der Waals surface area contributed by atoms with Gasteiger partial charge < -0.3 is 41.9 Å². The van der Waals surface area contributed by atoms with Gasteiger partial charge in [0.1, 0.15) is 0 Å². The van der Waals surface area contributed by atoms with Crippen LogP contribution in [0.2, 0.25) is 0 Å². The second kappa shape index (κ2) is 16.4. The average molecular weight is 567 g/mol. The van der Waals surface area contributed by atoms with E-state index in [0.29, 0.717) is 12.8 Å². The lowest BCUT2D eigenvalue weighted by molar-refractivity contribution is -0.135. The van der Waals surface area contributed by atoms with E-state index in [1.54, 1.807) is 36.4 Å². The van der Waals surface area contributed by atoms with E-state index in [9.17, 15) is 19.2 Å². The summed E-state index contributed by atoms with van der Waals surface area (Å²) in [6.45, 7) is 2.79. The first-order chi connectivity index (χ1) is 18.1. The second-order valence-corrected chi connectivity index (χ2v) is 8.64. The third-order valence-electron chi connectivity index (χ3n) is 5.66. The van der Waals surface area contributed by atoms with E-state index in [0.717, 1.165) is 11.1 Å². The Labute approximate surface area is 232 Å². The van der Waals surface area contributed by atoms with E-state index in [1.165, 1.54) is 0 Å². The standard InChI is InChI=1S/C26H34N4O8.ClH/c1-15(7-17-3-5-19(35-23(31)11-27)21(9-17)37-25(33)13-29)16(2)8-18-4-6-20(36-24(32)12-28)22(10-18)38-26(34)14-30;/h3-6,9-10,15-16H,7-8,11-14,27-30H2,1-2H3;1H/t15-,16+;. The van der Waals surface area contributed by atoms with Gasteiger partial charge in [0.25, 0.3) is 0 Å². The van der Waals surface area contributed by atoms with Gasteiger partial charge in [-0.25, -0.2) is 0 Å². The van der Waals surface area contributed by atoms with Crippen LogP contribution >= 0.6 is 12.4 Å². The van der Waals surface area contributed by atoms with Crippen molar-refractivity contribution in [3.8, 4) is 23.0 Å². The van der Waals surface area contributed by atoms with Crippen LogP contribution in [0.5, 0.6) is 23.0 Å². The number of rotatable bonds is 13. The Kier molecular flexibility index (Phi) is 14.1. The number of carbonyl (C=O) groups is 4. The summed E-state index contributed by atoms with van der Waals surface area (Å²) in [6.07, 6.45) is 1.22. The summed E-state index contributed by atoms with van der Waals surface area (Å²) in [6, 6.07) is 9.87. The van der Waals surface area contributed by atoms with Crippen LogP contribution in [0.3, 0.4) is 0 Å². The summed E-state index contributed by atoms with van der Waals surface area (Å²) in [5.41, 5.74) is 23.0. The molecule has 0 spiro atoms. The largest absolute Gasteiger partial charge is 0.422 e. The maximum Gasteiger partial charge on any atom is 0.325 e. The Balaban J connectivity index is 0.00000760. The van der Waals surface area contributed by atoms with Crippen molar-refractivity contribution in [1.29, 1.82) is 0 Å². The van der Waals surface area contributed by atoms with Gasteiger partial charge >= 0.3 is 23.9 Å². The molecule has 0 saturated heterocycles. The molecule has 2 aromatic rings. The zero-order valence-electron chi connectivity index (χ0n) is 21.8. The van der Waals surface area contributed by atoms with Gasteiger partial charge in [0.2, 0.25) is 0 Å². The molecule has 2 atom stereocenters. The molecular formula is C26H35ClN4O8. The monoisotopic (exact) mass is 566 g/mol. The first kappa shape index (κ1) is 33.5. The lowest BCUT2D eigenvalue weighted by Gasteiger charge is -2.21. The normalized spacial score (nSPS) is 11.9. The fourth-order valence-corrected chi connectivity index (χ4v) is 3.49. The minimum atomic E-state index is -0.680. The van der Waals surface area contributed by atoms with E-state index in [1.807, 2.05) is 0 Å². The quantitative estimate of drug-likeness (QED) is 0.194. The molecule has 0 aliphatic heterocycles. The average Bonchev–Trinajstić information content (AvgIpc) is 2.90. The first-order valence-corrected chi connectivity index (χ1v) is 12.0. The lowest BCUT2D eigenvalue weighted by atomic mass is 9.85. The van der Waals surface area contributed by atoms with Crippen LogP contribution in [-0.2, 0) is 32.0 Å². The number of hydrogen-bond donors (Lipinski definition) is 4. The first-order valence-electron chi connectivity index (χ1n) is 12.0. The third kappa shape index (κ3) is 10.6. The Morgan fingerprint density at radius 2 is 0.846 bits per heavy atom. The molecule has 13 heteroatoms. The number of benzene rings is 2. The molecule has 0 radical (unpaired) electrons. The van der Waals surface area contributed by atoms with Gasteiger partial charge in [0, 0.05) is 0 Å². The predicted octanol–water partition coefficient (Wildman–Crippen LogP) is 0.622. The molecule has 0 heterocycles. The van der Waals surface area contributed by atoms with Crippen LogP contribution in [0.4, 0.5) is 0 Å². The van der Waals surface area contributed by atoms with Crippen LogP contribution < -0.4 is 41.9 Å². The lowest BCUT2D eigenvalue weighted by Crippen LogP contribution is -2.22. The molecule has 0 unspecified atom stereocenters. The van der Waals surface area contributed by atoms with Crippen LogP contribution in [0.25, 0.3) is 0 Å². The van der Waals surface area contributed by atoms with Crippen molar-refractivity contribution in [2.45, 2.75) is 26.7 Å². The fraction of sp³-hybridized carbons (Fsp3) is 0.385. The third-order valence-corrected chi connectivity index (χ3v) is 5.66. The van der Waals surface area contributed by atoms with Crippen LogP contribution in [0.15, 0.2) is 36.4 Å². The van der Waals surface area contributed by atoms with Gasteiger partial charge in [-0.1, -0.05) is 26.0 Å². The summed E-state index contributed by atoms with van der Waals surface area (Å²) in [5, 5.41) is 0. The predicted molar refractivity (Wildman–Crippen MR) is 145 cm³/mol. The molecule has 39 heavy (non-hydrogen) atoms. The smallest absolute Gasteiger partial charge is 0.325 e. The summed E-state index contributed by atoms with van der Waals surface area (Å²) in [4.78, 5) is 46.8. The van der Waals surface area contributed by atoms with Gasteiger partial charge in [-0.15, -0.1) is 12.4 Å². The highest BCUT2D eigenvalue weighted by Gasteiger charge is 2.19. The number of hydrogen-bond acceptors (Lipinski definition) is 12. The van der Waals surface area contributed by atoms with E-state index in [2.05, 4.69) is 13.8 Å². The highest BCUT2D eigenvalue weighted by Crippen LogP contribution is 2.33. The van der Waals surface area contributed by atoms with Crippen molar-refractivity contribution >= 4 is 36.3 Å². The maximum atomic E-state index is 11.8. The molecule has 0 saturated carbocycles. The number of esters is 4. The zero-order chi connectivity index (χ0) is 28.2. The van der Waals surface area contributed by atoms with Gasteiger partial charge in [-0.05, 0) is 60.1 Å². The Bertz CT molecular complexity index is 1070. The molecule has 2 rings (SSSR count). The topological polar surface area (TPSA) is 209 Å². The number of carbonyl (C=O) groups excluding carboxylic acids is 4. The molecule has 0 aliphatic carbocycles. The maximum absolute atomic E-state index is 11.8. The van der Waals surface area contributed by atoms with Gasteiger partial charge in [-0.2, -0.15) is 0 Å². The number of halogens is 1. The Hall–Kier alpha value is -3.55. The van der Waals surface area contributed by atoms with E-state index < -0.39 is 23.9 Å². The molecule has 0 fully saturated rings. The molecule has 0 aromatic heterocycles. The Morgan fingerprint density at radius 1 is 0.564 bits per heavy atom. The van der Waals surface area contributed by atoms with E-state index in [4.69, 9.17) is 41.9 Å². The minimum Gasteiger partial charge on any atom is -0.422 e. The second-order valence-electron chi connectivity index (χ2n) is 8.64. The molecular weight excluding hydrogens is 532 g/mol. The summed E-state index contributed by atoms with van der Waals surface area (Å²) in [7, 11) is 0. The van der Waals surface area contributed by atoms with Crippen molar-refractivity contribution in [2.24, 2.45) is 34.8 Å². The highest BCUT2D eigenvalue weighted by atomic mass is 35.5. The van der Waals surface area contributed by atoms with Crippen molar-refractivity contribution in [2.75, 3.05) is 26.2 Å². The van der Waals surface area contributed by atoms with E-state index >= 15 is 0 Å². The van der Waals surface area contributed by atoms with Crippen molar-refractivity contribution in [1.82, 2.24) is 0 Å². The van der Waals surface area contributed by atoms with Crippen molar-refractivity contribution in [3.63, 3.8) is 0 Å². The molecule has 0 bridgehead atoms. The van der Waals surface area contributed by atoms with Gasteiger partial charge in [0.15, 0.2) is 23.0 Å². The van der Waals surface area contributed by atoms with Crippen molar-refractivity contribution < 1.29 is 38.1 Å². The number of ether oxygens (including phenoxy) is 4. The molecule has 2 aromatic carbocycles. The summed E-state index contributed by atoms with van der Waals surface area (Å²) in [5.74, 6) is -2.12. The van der Waals surface area contributed by atoms with Crippen LogP contribution in [0.1, 0.15) is 25.0 Å². The van der Waals surface area contributed by atoms with Crippen LogP contribution in [0, 0.1) is 11.8 Å². The van der Waals surface area contributed by atoms with Gasteiger partial charge in [0.05, 0.1) is 26.2 Å². The Morgan fingerprint density at radius 3 is 1.13 bits per heavy atom. The SMILES string of the molecule is C[C@H](Cc1ccc(OC(=O)CN)c(OC(=O)CN)c1)[C@@H](C)Cc1ccc(OC(=O)CN)c(OC(=O)CN)c1.Cl. The molecule has 0 amide bonds. The van der Waals surface area contributed by atoms with Crippen molar-refractivity contribution in [3.05, 3.63) is 47.5 Å². The number of nitrogens with two attached hydrogens (primary N) is 4. The van der Waals surface area contributed by atoms with E-state index in [-0.39, 0.29) is 73.4 Å². The molecule has 0 aliphatic rings. The summed E-state index contributed by atoms with van der Waals surface area (Å²) < 4.78 is 20.8. The summed E-state index contributed by atoms with van der Waals surface area (Å²) >= 11 is 0. The zero-order valence-corrected chi connectivity index (χ0v) is 22.7. The van der Waals surface area contributed by atoms with Gasteiger partial charge in [-0.3, -0.25) is 19.2 Å². The van der Waals surface area contributed by atoms with Crippen LogP contribution in [-0.4, -0.2) is 50.1 Å². The fourth-order valence-electron chi connectivity index (χ4n) is 3.49. The minimum absolute atomic E-state index is 0. The molecule has 8 N–H and O–H groups in total. The molecule has 12 nitrogen and oxygen atoms in total. The highest BCUT2D eigenvalue weighted by molar-refractivity contribution is 5.85.